The summed E-state index contributed by atoms with van der Waals surface area (Å²) in [5, 5.41) is 10.3. The molecule has 3 aliphatic rings. The number of hydrogen-bond acceptors (Lipinski definition) is 2. The van der Waals surface area contributed by atoms with E-state index in [1.54, 1.807) is 0 Å². The molecule has 3 aliphatic heterocycles. The van der Waals surface area contributed by atoms with E-state index < -0.39 is 0 Å². The molecule has 1 fully saturated rings. The molecule has 3 heteroatoms. The van der Waals surface area contributed by atoms with Crippen LogP contribution in [0.1, 0.15) is 0 Å². The average Bonchev–Trinajstić information content (AvgIpc) is 2.19. The molecule has 1 N–H and O–H groups in total. The highest BCUT2D eigenvalue weighted by molar-refractivity contribution is 5.72. The molecule has 0 amide bonds. The van der Waals surface area contributed by atoms with E-state index in [-0.39, 0.29) is 4.65 Å². The molecule has 0 atom stereocenters. The summed E-state index contributed by atoms with van der Waals surface area (Å²) in [6.07, 6.45) is 0. The number of quaternary nitrogens is 1. The largest absolute Gasteiger partial charge is 0.355 e. The van der Waals surface area contributed by atoms with Crippen molar-refractivity contribution in [3.05, 3.63) is 24.3 Å². The fourth-order valence-electron chi connectivity index (χ4n) is 2.36. The second-order valence-corrected chi connectivity index (χ2v) is 3.85. The summed E-state index contributed by atoms with van der Waals surface area (Å²) >= 11 is 0. The predicted molar refractivity (Wildman–Crippen MR) is 52.0 cm³/mol. The van der Waals surface area contributed by atoms with Crippen molar-refractivity contribution in [2.75, 3.05) is 31.1 Å². The minimum Gasteiger partial charge on any atom is -0.355 e. The van der Waals surface area contributed by atoms with Crippen molar-refractivity contribution in [1.82, 2.24) is 4.65 Å². The summed E-state index contributed by atoms with van der Waals surface area (Å²) in [4.78, 5) is 2.35. The molecule has 0 unspecified atom stereocenters. The molecule has 0 saturated carbocycles. The number of rotatable bonds is 0. The lowest BCUT2D eigenvalue weighted by Gasteiger charge is -2.45. The van der Waals surface area contributed by atoms with E-state index in [0.717, 1.165) is 31.9 Å². The van der Waals surface area contributed by atoms with Crippen molar-refractivity contribution in [3.8, 4) is 0 Å². The molecule has 0 spiro atoms. The van der Waals surface area contributed by atoms with Gasteiger partial charge < -0.3 is 4.90 Å². The van der Waals surface area contributed by atoms with Crippen LogP contribution in [-0.2, 0) is 0 Å². The van der Waals surface area contributed by atoms with E-state index in [4.69, 9.17) is 0 Å². The minimum atomic E-state index is 0.146. The Morgan fingerprint density at radius 1 is 1.15 bits per heavy atom. The van der Waals surface area contributed by atoms with Gasteiger partial charge in [-0.1, -0.05) is 12.1 Å². The second-order valence-electron chi connectivity index (χ2n) is 3.85. The van der Waals surface area contributed by atoms with E-state index in [9.17, 15) is 5.21 Å². The summed E-state index contributed by atoms with van der Waals surface area (Å²) in [5.74, 6) is 0. The first-order chi connectivity index (χ1) is 6.30. The maximum atomic E-state index is 10.3. The zero-order chi connectivity index (χ0) is 8.89. The van der Waals surface area contributed by atoms with Gasteiger partial charge in [-0.15, -0.1) is 4.65 Å². The van der Waals surface area contributed by atoms with Crippen molar-refractivity contribution >= 4 is 11.4 Å². The fraction of sp³-hybridized carbons (Fsp3) is 0.400. The number of anilines is 1. The summed E-state index contributed by atoms with van der Waals surface area (Å²) in [7, 11) is 0. The van der Waals surface area contributed by atoms with E-state index in [2.05, 4.69) is 11.0 Å². The number of fused-ring (bicyclic) bond motifs is 2. The molecular weight excluding hydrogens is 164 g/mol. The van der Waals surface area contributed by atoms with Gasteiger partial charge in [-0.2, -0.15) is 0 Å². The highest BCUT2D eigenvalue weighted by Gasteiger charge is 2.42. The molecule has 1 saturated heterocycles. The SMILES string of the molecule is O[N+]12CCN(CC1)c1ccccc12. The van der Waals surface area contributed by atoms with Crippen LogP contribution in [0, 0.1) is 0 Å². The normalized spacial score (nSPS) is 23.0. The fourth-order valence-corrected chi connectivity index (χ4v) is 2.36. The van der Waals surface area contributed by atoms with Crippen molar-refractivity contribution in [1.29, 1.82) is 0 Å². The standard InChI is InChI=1S/C10H13N2O/c13-12-7-5-11(6-8-12)9-3-1-2-4-10(9)12/h1-4,13H,5-8H2/q+1. The highest BCUT2D eigenvalue weighted by atomic mass is 16.5. The maximum absolute atomic E-state index is 10.3. The summed E-state index contributed by atoms with van der Waals surface area (Å²) in [6.45, 7) is 3.62. The van der Waals surface area contributed by atoms with Crippen LogP contribution in [0.15, 0.2) is 24.3 Å². The second kappa shape index (κ2) is 2.25. The lowest BCUT2D eigenvalue weighted by molar-refractivity contribution is -0.0887. The van der Waals surface area contributed by atoms with Crippen molar-refractivity contribution < 1.29 is 5.21 Å². The van der Waals surface area contributed by atoms with Crippen LogP contribution in [-0.4, -0.2) is 31.4 Å². The Morgan fingerprint density at radius 2 is 1.85 bits per heavy atom. The first kappa shape index (κ1) is 7.35. The lowest BCUT2D eigenvalue weighted by Crippen LogP contribution is -2.63. The number of para-hydroxylation sites is 2. The third-order valence-corrected chi connectivity index (χ3v) is 3.15. The summed E-state index contributed by atoms with van der Waals surface area (Å²) < 4.78 is 0.146. The molecule has 1 aromatic carbocycles. The summed E-state index contributed by atoms with van der Waals surface area (Å²) in [5.41, 5.74) is 2.28. The predicted octanol–water partition coefficient (Wildman–Crippen LogP) is 1.22. The van der Waals surface area contributed by atoms with Gasteiger partial charge in [0.25, 0.3) is 0 Å². The molecule has 4 rings (SSSR count). The molecule has 0 aromatic heterocycles. The van der Waals surface area contributed by atoms with Crippen LogP contribution in [0.2, 0.25) is 0 Å². The number of nitrogens with zero attached hydrogens (tertiary/aromatic N) is 2. The Kier molecular flexibility index (Phi) is 1.27. The summed E-state index contributed by atoms with van der Waals surface area (Å²) in [6, 6.07) is 8.15. The van der Waals surface area contributed by atoms with Gasteiger partial charge >= 0.3 is 0 Å². The van der Waals surface area contributed by atoms with E-state index in [1.807, 2.05) is 18.2 Å². The van der Waals surface area contributed by atoms with Gasteiger partial charge in [-0.3, -0.25) is 0 Å². The smallest absolute Gasteiger partial charge is 0.188 e. The van der Waals surface area contributed by atoms with E-state index >= 15 is 0 Å². The van der Waals surface area contributed by atoms with Gasteiger partial charge in [0, 0.05) is 6.07 Å². The van der Waals surface area contributed by atoms with Crippen LogP contribution < -0.4 is 9.55 Å². The molecule has 3 heterocycles. The monoisotopic (exact) mass is 177 g/mol. The van der Waals surface area contributed by atoms with Crippen LogP contribution in [0.5, 0.6) is 0 Å². The highest BCUT2D eigenvalue weighted by Crippen LogP contribution is 2.39. The molecule has 3 nitrogen and oxygen atoms in total. The zero-order valence-corrected chi connectivity index (χ0v) is 7.48. The topological polar surface area (TPSA) is 23.5 Å². The Hall–Kier alpha value is -1.06. The number of benzene rings is 1. The zero-order valence-electron chi connectivity index (χ0n) is 7.48. The molecule has 2 bridgehead atoms. The van der Waals surface area contributed by atoms with Crippen LogP contribution >= 0.6 is 0 Å². The van der Waals surface area contributed by atoms with Gasteiger partial charge in [0.2, 0.25) is 0 Å². The van der Waals surface area contributed by atoms with E-state index in [0.29, 0.717) is 0 Å². The molecule has 0 radical (unpaired) electrons. The third-order valence-electron chi connectivity index (χ3n) is 3.15. The Morgan fingerprint density at radius 3 is 2.54 bits per heavy atom. The first-order valence-corrected chi connectivity index (χ1v) is 4.74. The van der Waals surface area contributed by atoms with Crippen LogP contribution in [0.25, 0.3) is 0 Å². The number of piperazine rings is 1. The van der Waals surface area contributed by atoms with Crippen LogP contribution in [0.4, 0.5) is 11.4 Å². The molecule has 1 aromatic rings. The van der Waals surface area contributed by atoms with Gasteiger partial charge in [0.1, 0.15) is 18.8 Å². The Bertz CT molecular complexity index is 343. The van der Waals surface area contributed by atoms with E-state index in [1.165, 1.54) is 5.69 Å². The van der Waals surface area contributed by atoms with Crippen molar-refractivity contribution in [3.63, 3.8) is 0 Å². The molecule has 13 heavy (non-hydrogen) atoms. The first-order valence-electron chi connectivity index (χ1n) is 4.74. The molecular formula is C10H13N2O+. The van der Waals surface area contributed by atoms with Gasteiger partial charge in [-0.25, -0.2) is 5.21 Å². The molecule has 0 aliphatic carbocycles. The third kappa shape index (κ3) is 0.857. The van der Waals surface area contributed by atoms with Gasteiger partial charge in [-0.05, 0) is 6.07 Å². The lowest BCUT2D eigenvalue weighted by atomic mass is 10.1. The van der Waals surface area contributed by atoms with Gasteiger partial charge in [0.05, 0.1) is 13.1 Å². The Labute approximate surface area is 77.4 Å². The average molecular weight is 177 g/mol. The van der Waals surface area contributed by atoms with Gasteiger partial charge in [0.15, 0.2) is 5.69 Å². The molecule has 68 valence electrons. The Balaban J connectivity index is 2.24. The van der Waals surface area contributed by atoms with Crippen LogP contribution in [0.3, 0.4) is 0 Å². The van der Waals surface area contributed by atoms with Crippen molar-refractivity contribution in [2.24, 2.45) is 0 Å². The minimum absolute atomic E-state index is 0.146. The quantitative estimate of drug-likeness (QED) is 0.602. The number of hydrogen-bond donors (Lipinski definition) is 1. The van der Waals surface area contributed by atoms with Crippen molar-refractivity contribution in [2.45, 2.75) is 0 Å². The number of hydroxylamine groups is 2. The maximum Gasteiger partial charge on any atom is 0.188 e.